The van der Waals surface area contributed by atoms with Gasteiger partial charge in [-0.05, 0) is 98.5 Å². The number of hydrogen-bond acceptors (Lipinski definition) is 14. The summed E-state index contributed by atoms with van der Waals surface area (Å²) in [6, 6.07) is 6.14. The maximum Gasteiger partial charge on any atom is 0.410 e. The number of anilines is 1. The summed E-state index contributed by atoms with van der Waals surface area (Å²) in [6.07, 6.45) is 1.69. The van der Waals surface area contributed by atoms with Crippen LogP contribution in [-0.2, 0) is 39.8 Å². The lowest BCUT2D eigenvalue weighted by atomic mass is 9.78. The van der Waals surface area contributed by atoms with Crippen molar-refractivity contribution in [1.29, 1.82) is 0 Å². The largest absolute Gasteiger partial charge is 0.458 e. The number of carbonyl (C=O) groups is 3. The van der Waals surface area contributed by atoms with E-state index in [0.717, 1.165) is 11.3 Å². The quantitative estimate of drug-likeness (QED) is 0.0619. The first-order valence-corrected chi connectivity index (χ1v) is 21.4. The molecular weight excluding hydrogens is 831 g/mol. The van der Waals surface area contributed by atoms with E-state index >= 15 is 0 Å². The predicted octanol–water partition coefficient (Wildman–Crippen LogP) is 7.63. The molecule has 0 aliphatic carbocycles. The van der Waals surface area contributed by atoms with E-state index in [0.29, 0.717) is 57.4 Å². The van der Waals surface area contributed by atoms with Crippen molar-refractivity contribution in [3.05, 3.63) is 43.1 Å². The van der Waals surface area contributed by atoms with Gasteiger partial charge in [-0.15, -0.1) is 11.7 Å². The average Bonchev–Trinajstić information content (AvgIpc) is 3.79. The number of fused-ring (bicyclic) bond motifs is 1. The van der Waals surface area contributed by atoms with Crippen LogP contribution in [0.25, 0.3) is 11.3 Å². The summed E-state index contributed by atoms with van der Waals surface area (Å²) < 4.78 is 33.3. The summed E-state index contributed by atoms with van der Waals surface area (Å²) in [5.74, 6) is -3.28. The van der Waals surface area contributed by atoms with E-state index in [2.05, 4.69) is 29.1 Å². The average molecular weight is 920 g/mol. The number of benzene rings is 1. The number of nitrogens with one attached hydrogen (secondary N) is 1. The van der Waals surface area contributed by atoms with Crippen LogP contribution in [0.5, 0.6) is 0 Å². The number of rotatable bonds is 12. The molecule has 2 aromatic rings. The van der Waals surface area contributed by atoms with Crippen LogP contribution >= 0.6 is 0 Å². The fourth-order valence-corrected chi connectivity index (χ4v) is 9.40. The SMILES string of the molecule is C.C.C.C.C.C=C[C@H]1NC[C@H](C)C[C@@](C)(OC)[C@H](O[C@@H]2OC(C)CC(N(C)C)C2O)[C@@H](C)C(=O)[C@@H](C)C(=O)O[C@H](CC)[C@@]2(C)OC(=O)N(CCCCn3cc(-c4cccc(N)c4)nn3)[C@H]12. The standard InChI is InChI=1S/C44H69N7O9.5CH4/c1-12-32-38-44(8,60-42(55)51(38)20-15-14-19-50-25-33(47-48-50)30-17-16-18-31(45)22-30)35(13-2)58-40(54)29(6)36(52)28(5)39(43(7,56-11)23-26(3)24-46-32)59-41-37(53)34(49(9)10)21-27(4)57-41;;;;;/h12,16-18,22,25-29,32,34-35,37-39,41,46,53H,1,13-15,19-21,23-24,45H2,2-11H3;5*1H4/t26-,27?,28+,29-,32-,34?,35-,37?,38-,39-,41+,43-,44-;;;;;/m1...../s1. The number of carbonyl (C=O) groups excluding carboxylic acids is 3. The zero-order valence-electron chi connectivity index (χ0n) is 37.2. The van der Waals surface area contributed by atoms with E-state index in [1.807, 2.05) is 70.2 Å². The molecule has 0 radical (unpaired) electrons. The van der Waals surface area contributed by atoms with Crippen molar-refractivity contribution < 1.29 is 43.2 Å². The molecule has 4 heterocycles. The molecule has 3 saturated heterocycles. The summed E-state index contributed by atoms with van der Waals surface area (Å²) in [5, 5.41) is 23.7. The second-order valence-electron chi connectivity index (χ2n) is 17.8. The van der Waals surface area contributed by atoms with Gasteiger partial charge in [0.1, 0.15) is 23.8 Å². The van der Waals surface area contributed by atoms with Gasteiger partial charge in [0.25, 0.3) is 0 Å². The Morgan fingerprint density at radius 3 is 2.32 bits per heavy atom. The Kier molecular flexibility index (Phi) is 24.3. The molecule has 5 rings (SSSR count). The number of aromatic nitrogens is 3. The zero-order chi connectivity index (χ0) is 44.1. The molecule has 16 heteroatoms. The Balaban J connectivity index is 0.00000819. The Hall–Kier alpha value is -3.93. The van der Waals surface area contributed by atoms with Crippen molar-refractivity contribution in [1.82, 2.24) is 30.1 Å². The lowest BCUT2D eigenvalue weighted by Gasteiger charge is -2.46. The van der Waals surface area contributed by atoms with Gasteiger partial charge in [-0.1, -0.05) is 81.3 Å². The number of Topliss-reactive ketones (excluding diaryl/α,β-unsaturated/α-hetero) is 1. The number of nitrogens with two attached hydrogens (primary N) is 1. The van der Waals surface area contributed by atoms with Gasteiger partial charge in [-0.25, -0.2) is 4.79 Å². The van der Waals surface area contributed by atoms with Crippen molar-refractivity contribution in [3.8, 4) is 11.3 Å². The van der Waals surface area contributed by atoms with Gasteiger partial charge in [0, 0.05) is 49.5 Å². The number of esters is 1. The highest BCUT2D eigenvalue weighted by Crippen LogP contribution is 2.40. The number of nitrogens with zero attached hydrogens (tertiary/aromatic N) is 5. The van der Waals surface area contributed by atoms with E-state index in [9.17, 15) is 19.5 Å². The number of unbranched alkanes of at least 4 members (excludes halogenated alkanes) is 1. The molecule has 0 spiro atoms. The third-order valence-corrected chi connectivity index (χ3v) is 12.8. The minimum atomic E-state index is -1.30. The van der Waals surface area contributed by atoms with Gasteiger partial charge >= 0.3 is 12.1 Å². The number of aliphatic hydroxyl groups is 1. The fraction of sp³-hybridized carbons (Fsp3) is 0.735. The third kappa shape index (κ3) is 13.6. The molecule has 3 unspecified atom stereocenters. The molecule has 0 saturated carbocycles. The van der Waals surface area contributed by atoms with E-state index in [-0.39, 0.29) is 55.2 Å². The van der Waals surface area contributed by atoms with Gasteiger partial charge in [-0.2, -0.15) is 0 Å². The summed E-state index contributed by atoms with van der Waals surface area (Å²) in [7, 11) is 5.37. The zero-order valence-corrected chi connectivity index (χ0v) is 37.2. The van der Waals surface area contributed by atoms with Gasteiger partial charge in [0.15, 0.2) is 17.7 Å². The second-order valence-corrected chi connectivity index (χ2v) is 17.8. The van der Waals surface area contributed by atoms with Crippen LogP contribution < -0.4 is 11.1 Å². The molecule has 13 atom stereocenters. The lowest BCUT2D eigenvalue weighted by molar-refractivity contribution is -0.295. The molecule has 3 aliphatic heterocycles. The van der Waals surface area contributed by atoms with Crippen molar-refractivity contribution in [2.75, 3.05) is 40.0 Å². The van der Waals surface area contributed by atoms with Gasteiger partial charge in [0.2, 0.25) is 0 Å². The van der Waals surface area contributed by atoms with Crippen LogP contribution in [0.15, 0.2) is 43.1 Å². The van der Waals surface area contributed by atoms with E-state index < -0.39 is 77.6 Å². The molecule has 0 bridgehead atoms. The normalized spacial score (nSPS) is 33.2. The Labute approximate surface area is 392 Å². The number of methoxy groups -OCH3 is 1. The summed E-state index contributed by atoms with van der Waals surface area (Å²) in [4.78, 5) is 46.0. The monoisotopic (exact) mass is 920 g/mol. The van der Waals surface area contributed by atoms with Crippen molar-refractivity contribution in [2.24, 2.45) is 17.8 Å². The lowest BCUT2D eigenvalue weighted by Crippen LogP contribution is -2.61. The third-order valence-electron chi connectivity index (χ3n) is 12.8. The molecule has 1 aromatic carbocycles. The number of likely N-dealkylation sites (N-methyl/N-ethyl adjacent to an activating group) is 1. The number of amides is 1. The number of ketones is 1. The molecule has 16 nitrogen and oxygen atoms in total. The molecule has 374 valence electrons. The maximum absolute atomic E-state index is 14.4. The molecule has 1 aromatic heterocycles. The molecule has 1 amide bonds. The summed E-state index contributed by atoms with van der Waals surface area (Å²) in [6.45, 7) is 18.4. The van der Waals surface area contributed by atoms with Gasteiger partial charge < -0.3 is 44.7 Å². The van der Waals surface area contributed by atoms with Crippen LogP contribution in [-0.4, -0.2) is 142 Å². The first-order valence-electron chi connectivity index (χ1n) is 21.4. The molecule has 65 heavy (non-hydrogen) atoms. The number of cyclic esters (lactones) is 1. The van der Waals surface area contributed by atoms with E-state index in [1.165, 1.54) is 6.92 Å². The minimum Gasteiger partial charge on any atom is -0.458 e. The fourth-order valence-electron chi connectivity index (χ4n) is 9.40. The number of nitrogen functional groups attached to an aromatic ring is 1. The highest BCUT2D eigenvalue weighted by atomic mass is 16.7. The van der Waals surface area contributed by atoms with Crippen LogP contribution in [0, 0.1) is 17.8 Å². The summed E-state index contributed by atoms with van der Waals surface area (Å²) >= 11 is 0. The van der Waals surface area contributed by atoms with E-state index in [4.69, 9.17) is 29.4 Å². The first-order chi connectivity index (χ1) is 28.4. The van der Waals surface area contributed by atoms with Crippen LogP contribution in [0.3, 0.4) is 0 Å². The number of hydrogen-bond donors (Lipinski definition) is 3. The highest BCUT2D eigenvalue weighted by molar-refractivity contribution is 6.00. The van der Waals surface area contributed by atoms with E-state index in [1.54, 1.807) is 36.6 Å². The molecule has 3 aliphatic rings. The van der Waals surface area contributed by atoms with Crippen molar-refractivity contribution in [3.63, 3.8) is 0 Å². The maximum atomic E-state index is 14.4. The van der Waals surface area contributed by atoms with Crippen LogP contribution in [0.4, 0.5) is 10.5 Å². The topological polar surface area (TPSA) is 193 Å². The Bertz CT molecular complexity index is 1800. The summed E-state index contributed by atoms with van der Waals surface area (Å²) in [5.41, 5.74) is 5.83. The first kappa shape index (κ1) is 61.1. The van der Waals surface area contributed by atoms with Crippen LogP contribution in [0.2, 0.25) is 0 Å². The second kappa shape index (κ2) is 25.8. The number of ether oxygens (including phenoxy) is 5. The van der Waals surface area contributed by atoms with Crippen LogP contribution in [0.1, 0.15) is 118 Å². The van der Waals surface area contributed by atoms with Gasteiger partial charge in [-0.3, -0.25) is 19.2 Å². The smallest absolute Gasteiger partial charge is 0.410 e. The van der Waals surface area contributed by atoms with Crippen molar-refractivity contribution >= 4 is 23.5 Å². The Morgan fingerprint density at radius 1 is 1.06 bits per heavy atom. The predicted molar refractivity (Wildman–Crippen MR) is 260 cm³/mol. The minimum absolute atomic E-state index is 0. The van der Waals surface area contributed by atoms with Crippen molar-refractivity contribution in [2.45, 2.75) is 184 Å². The number of aliphatic hydroxyl groups excluding tert-OH is 1. The van der Waals surface area contributed by atoms with Gasteiger partial charge in [0.05, 0.1) is 30.0 Å². The Morgan fingerprint density at radius 2 is 1.72 bits per heavy atom. The number of aryl methyl sites for hydroxylation is 1. The molecule has 4 N–H and O–H groups in total. The highest BCUT2D eigenvalue weighted by Gasteiger charge is 2.59. The molecule has 3 fully saturated rings. The molecular formula is C49H89N7O9.